The summed E-state index contributed by atoms with van der Waals surface area (Å²) >= 11 is 0. The highest BCUT2D eigenvalue weighted by atomic mass is 32.2. The van der Waals surface area contributed by atoms with E-state index in [1.165, 1.54) is 0 Å². The highest BCUT2D eigenvalue weighted by Gasteiger charge is 2.35. The van der Waals surface area contributed by atoms with E-state index in [2.05, 4.69) is 0 Å². The third kappa shape index (κ3) is 1.92. The molecule has 0 unspecified atom stereocenters. The molecular weight excluding hydrogens is 270 g/mol. The molecule has 0 fully saturated rings. The molecular formula is C10H8F2O5S. The van der Waals surface area contributed by atoms with Gasteiger partial charge in [-0.2, -0.15) is 0 Å². The Morgan fingerprint density at radius 1 is 1.44 bits per heavy atom. The normalized spacial score (nSPS) is 21.6. The first-order chi connectivity index (χ1) is 8.34. The minimum Gasteiger partial charge on any atom is -0.489 e. The number of alkyl halides is 1. The van der Waals surface area contributed by atoms with Crippen LogP contribution in [0.5, 0.6) is 5.75 Å². The fraction of sp³-hybridized carbons (Fsp3) is 0.300. The van der Waals surface area contributed by atoms with Crippen LogP contribution in [0.4, 0.5) is 8.78 Å². The lowest BCUT2D eigenvalue weighted by atomic mass is 10.2. The van der Waals surface area contributed by atoms with E-state index >= 15 is 0 Å². The Kier molecular flexibility index (Phi) is 2.97. The van der Waals surface area contributed by atoms with E-state index in [1.54, 1.807) is 0 Å². The Morgan fingerprint density at radius 2 is 2.11 bits per heavy atom. The van der Waals surface area contributed by atoms with Gasteiger partial charge in [0.1, 0.15) is 4.90 Å². The number of fused-ring (bicyclic) bond motifs is 1. The summed E-state index contributed by atoms with van der Waals surface area (Å²) in [4.78, 5) is 9.96. The second-order valence-electron chi connectivity index (χ2n) is 3.68. The average Bonchev–Trinajstić information content (AvgIpc) is 2.39. The zero-order valence-electron chi connectivity index (χ0n) is 8.89. The third-order valence-corrected chi connectivity index (χ3v) is 4.32. The Balaban J connectivity index is 2.75. The summed E-state index contributed by atoms with van der Waals surface area (Å²) in [5.41, 5.74) is -2.81. The van der Waals surface area contributed by atoms with Crippen LogP contribution in [0.1, 0.15) is 16.8 Å². The third-order valence-electron chi connectivity index (χ3n) is 2.49. The van der Waals surface area contributed by atoms with Crippen LogP contribution >= 0.6 is 0 Å². The number of hydrogen-bond donors (Lipinski definition) is 1. The molecule has 0 aliphatic carbocycles. The summed E-state index contributed by atoms with van der Waals surface area (Å²) in [5, 5.41) is 8.72. The first-order valence-electron chi connectivity index (χ1n) is 4.91. The Labute approximate surface area is 101 Å². The summed E-state index contributed by atoms with van der Waals surface area (Å²) < 4.78 is 55.3. The van der Waals surface area contributed by atoms with E-state index in [0.717, 1.165) is 0 Å². The number of carboxylic acids is 1. The number of hydrogen-bond acceptors (Lipinski definition) is 4. The van der Waals surface area contributed by atoms with Gasteiger partial charge in [-0.3, -0.25) is 0 Å². The number of halogens is 2. The van der Waals surface area contributed by atoms with Crippen molar-refractivity contribution >= 4 is 15.8 Å². The van der Waals surface area contributed by atoms with Crippen molar-refractivity contribution in [3.63, 3.8) is 0 Å². The SMILES string of the molecule is O=C(O)c1cc(F)c2c(c1)S(=O)(=O)[C@H](F)CCO2. The topological polar surface area (TPSA) is 80.7 Å². The molecule has 1 aromatic rings. The Bertz CT molecular complexity index is 611. The van der Waals surface area contributed by atoms with Crippen LogP contribution in [-0.4, -0.2) is 31.6 Å². The van der Waals surface area contributed by atoms with Crippen LogP contribution in [0.2, 0.25) is 0 Å². The lowest BCUT2D eigenvalue weighted by Gasteiger charge is -2.09. The van der Waals surface area contributed by atoms with Crippen molar-refractivity contribution in [1.29, 1.82) is 0 Å². The fourth-order valence-corrected chi connectivity index (χ4v) is 2.98. The quantitative estimate of drug-likeness (QED) is 0.839. The second kappa shape index (κ2) is 4.20. The lowest BCUT2D eigenvalue weighted by Crippen LogP contribution is -2.16. The van der Waals surface area contributed by atoms with E-state index in [-0.39, 0.29) is 6.61 Å². The van der Waals surface area contributed by atoms with Gasteiger partial charge in [0.25, 0.3) is 0 Å². The monoisotopic (exact) mass is 278 g/mol. The molecule has 0 amide bonds. The Hall–Kier alpha value is -1.70. The summed E-state index contributed by atoms with van der Waals surface area (Å²) in [5.74, 6) is -3.27. The molecule has 0 spiro atoms. The van der Waals surface area contributed by atoms with Gasteiger partial charge in [0.05, 0.1) is 12.2 Å². The minimum atomic E-state index is -4.43. The van der Waals surface area contributed by atoms with Gasteiger partial charge < -0.3 is 9.84 Å². The van der Waals surface area contributed by atoms with Gasteiger partial charge in [-0.1, -0.05) is 0 Å². The molecule has 1 aromatic carbocycles. The maximum absolute atomic E-state index is 13.6. The standard InChI is InChI=1S/C10H8F2O5S/c11-6-3-5(10(13)14)4-7-9(6)17-2-1-8(12)18(7,15)16/h3-4,8H,1-2H2,(H,13,14)/t8-/m0/s1. The molecule has 5 nitrogen and oxygen atoms in total. The van der Waals surface area contributed by atoms with Crippen LogP contribution < -0.4 is 4.74 Å². The van der Waals surface area contributed by atoms with Crippen LogP contribution in [0.3, 0.4) is 0 Å². The number of benzene rings is 1. The smallest absolute Gasteiger partial charge is 0.335 e. The number of rotatable bonds is 1. The van der Waals surface area contributed by atoms with Crippen LogP contribution in [0.15, 0.2) is 17.0 Å². The molecule has 1 aliphatic rings. The summed E-state index contributed by atoms with van der Waals surface area (Å²) in [6.45, 7) is -0.295. The molecule has 1 N–H and O–H groups in total. The van der Waals surface area contributed by atoms with Gasteiger partial charge >= 0.3 is 5.97 Å². The van der Waals surface area contributed by atoms with Gasteiger partial charge in [0, 0.05) is 6.42 Å². The van der Waals surface area contributed by atoms with Crippen molar-refractivity contribution in [2.45, 2.75) is 16.8 Å². The van der Waals surface area contributed by atoms with Crippen molar-refractivity contribution in [3.8, 4) is 5.75 Å². The van der Waals surface area contributed by atoms with Crippen molar-refractivity contribution in [3.05, 3.63) is 23.5 Å². The van der Waals surface area contributed by atoms with Crippen molar-refractivity contribution in [1.82, 2.24) is 0 Å². The van der Waals surface area contributed by atoms with Crippen LogP contribution in [0, 0.1) is 5.82 Å². The number of aromatic carboxylic acids is 1. The number of carbonyl (C=O) groups is 1. The zero-order chi connectivity index (χ0) is 13.5. The molecule has 0 saturated heterocycles. The molecule has 98 valence electrons. The molecule has 0 bridgehead atoms. The summed E-state index contributed by atoms with van der Waals surface area (Å²) in [6, 6.07) is 1.34. The van der Waals surface area contributed by atoms with Crippen LogP contribution in [0.25, 0.3) is 0 Å². The number of ether oxygens (including phenoxy) is 1. The number of carboxylic acid groups (broad SMARTS) is 1. The molecule has 0 radical (unpaired) electrons. The molecule has 1 aliphatic heterocycles. The van der Waals surface area contributed by atoms with Crippen LogP contribution in [-0.2, 0) is 9.84 Å². The van der Waals surface area contributed by atoms with Crippen molar-refractivity contribution in [2.24, 2.45) is 0 Å². The lowest BCUT2D eigenvalue weighted by molar-refractivity contribution is 0.0696. The average molecular weight is 278 g/mol. The van der Waals surface area contributed by atoms with E-state index in [1.807, 2.05) is 0 Å². The van der Waals surface area contributed by atoms with E-state index < -0.39 is 49.8 Å². The van der Waals surface area contributed by atoms with Gasteiger partial charge in [-0.15, -0.1) is 0 Å². The highest BCUT2D eigenvalue weighted by Crippen LogP contribution is 2.35. The van der Waals surface area contributed by atoms with E-state index in [4.69, 9.17) is 9.84 Å². The predicted molar refractivity (Wildman–Crippen MR) is 55.6 cm³/mol. The molecule has 18 heavy (non-hydrogen) atoms. The molecule has 2 rings (SSSR count). The summed E-state index contributed by atoms with van der Waals surface area (Å²) in [7, 11) is -4.43. The van der Waals surface area contributed by atoms with Gasteiger partial charge in [0.2, 0.25) is 15.3 Å². The first kappa shape index (κ1) is 12.7. The van der Waals surface area contributed by atoms with E-state index in [9.17, 15) is 22.0 Å². The molecule has 1 heterocycles. The zero-order valence-corrected chi connectivity index (χ0v) is 9.71. The molecule has 0 saturated carbocycles. The van der Waals surface area contributed by atoms with Crippen molar-refractivity contribution < 1.29 is 31.8 Å². The van der Waals surface area contributed by atoms with Gasteiger partial charge in [-0.05, 0) is 12.1 Å². The fourth-order valence-electron chi connectivity index (χ4n) is 1.59. The maximum atomic E-state index is 13.6. The Morgan fingerprint density at radius 3 is 2.72 bits per heavy atom. The largest absolute Gasteiger partial charge is 0.489 e. The number of sulfone groups is 1. The maximum Gasteiger partial charge on any atom is 0.335 e. The van der Waals surface area contributed by atoms with Gasteiger partial charge in [0.15, 0.2) is 11.6 Å². The summed E-state index contributed by atoms with van der Waals surface area (Å²) in [6.07, 6.45) is -0.432. The molecule has 0 aromatic heterocycles. The second-order valence-corrected chi connectivity index (χ2v) is 5.72. The van der Waals surface area contributed by atoms with Gasteiger partial charge in [-0.25, -0.2) is 22.0 Å². The van der Waals surface area contributed by atoms with E-state index in [0.29, 0.717) is 12.1 Å². The first-order valence-corrected chi connectivity index (χ1v) is 6.46. The molecule has 8 heteroatoms. The van der Waals surface area contributed by atoms with Crippen molar-refractivity contribution in [2.75, 3.05) is 6.61 Å². The molecule has 1 atom stereocenters. The minimum absolute atomic E-state index is 0.295. The highest BCUT2D eigenvalue weighted by molar-refractivity contribution is 7.92. The predicted octanol–water partition coefficient (Wildman–Crippen LogP) is 1.38.